The van der Waals surface area contributed by atoms with Gasteiger partial charge in [-0.25, -0.2) is 4.79 Å². The molecule has 0 radical (unpaired) electrons. The van der Waals surface area contributed by atoms with Crippen molar-refractivity contribution in [2.45, 2.75) is 115 Å². The summed E-state index contributed by atoms with van der Waals surface area (Å²) in [6.45, 7) is 6.09. The monoisotopic (exact) mass is 508 g/mol. The summed E-state index contributed by atoms with van der Waals surface area (Å²) in [5.74, 6) is 1.83. The summed E-state index contributed by atoms with van der Waals surface area (Å²) in [7, 11) is 0. The Hall–Kier alpha value is -1.56. The summed E-state index contributed by atoms with van der Waals surface area (Å²) in [4.78, 5) is 11.8. The van der Waals surface area contributed by atoms with E-state index in [-0.39, 0.29) is 11.8 Å². The third-order valence-corrected chi connectivity index (χ3v) is 7.49. The second-order valence-electron chi connectivity index (χ2n) is 9.59. The maximum atomic E-state index is 11.8. The van der Waals surface area contributed by atoms with Gasteiger partial charge in [0.25, 0.3) is 0 Å². The largest absolute Gasteiger partial charge is 0.508 e. The van der Waals surface area contributed by atoms with Gasteiger partial charge in [0.15, 0.2) is 0 Å². The Labute approximate surface area is 219 Å². The van der Waals surface area contributed by atoms with Crippen LogP contribution in [0.5, 0.6) is 11.5 Å². The van der Waals surface area contributed by atoms with E-state index < -0.39 is 0 Å². The predicted molar refractivity (Wildman–Crippen MR) is 152 cm³/mol. The third-order valence-electron chi connectivity index (χ3n) is 6.25. The maximum absolute atomic E-state index is 11.8. The van der Waals surface area contributed by atoms with E-state index >= 15 is 0 Å². The number of carbonyl (C=O) groups excluding carboxylic acids is 1. The van der Waals surface area contributed by atoms with Gasteiger partial charge in [0.05, 0.1) is 6.54 Å². The molecule has 202 valence electrons. The number of rotatable bonds is 23. The Balaban J connectivity index is 1.81. The molecule has 2 amide bonds. The minimum absolute atomic E-state index is 0.153. The number of ether oxygens (including phenoxy) is 1. The number of phenolic OH excluding ortho intramolecular Hbond substituents is 1. The first kappa shape index (κ1) is 31.5. The Morgan fingerprint density at radius 1 is 0.829 bits per heavy atom. The fraction of sp³-hybridized carbons (Fsp3) is 0.759. The lowest BCUT2D eigenvalue weighted by atomic mass is 10.0. The number of thioether (sulfide) groups is 1. The Morgan fingerprint density at radius 2 is 1.34 bits per heavy atom. The fourth-order valence-electron chi connectivity index (χ4n) is 4.07. The standard InChI is InChI=1S/C29H52N2O3S/c1-3-4-5-6-7-8-9-10-11-12-13-14-15-16-17-26(2)35-25-23-31-29(33)30-22-24-34-28-20-18-27(32)19-21-28/h18-21,26,32H,3-17,22-25H2,1-2H3,(H2,30,31,33). The summed E-state index contributed by atoms with van der Waals surface area (Å²) in [5.41, 5.74) is 0. The lowest BCUT2D eigenvalue weighted by Gasteiger charge is -2.12. The van der Waals surface area contributed by atoms with Crippen molar-refractivity contribution in [3.05, 3.63) is 24.3 Å². The summed E-state index contributed by atoms with van der Waals surface area (Å²) >= 11 is 1.94. The first-order valence-corrected chi connectivity index (χ1v) is 15.2. The molecule has 1 rings (SSSR count). The van der Waals surface area contributed by atoms with Crippen LogP contribution in [0.25, 0.3) is 0 Å². The highest BCUT2D eigenvalue weighted by molar-refractivity contribution is 7.99. The van der Waals surface area contributed by atoms with Gasteiger partial charge in [0.2, 0.25) is 0 Å². The van der Waals surface area contributed by atoms with Gasteiger partial charge in [-0.1, -0.05) is 104 Å². The number of carbonyl (C=O) groups is 1. The highest BCUT2D eigenvalue weighted by Crippen LogP contribution is 2.18. The number of amides is 2. The van der Waals surface area contributed by atoms with Crippen LogP contribution in [0.15, 0.2) is 24.3 Å². The van der Waals surface area contributed by atoms with E-state index in [1.165, 1.54) is 96.3 Å². The van der Waals surface area contributed by atoms with Crippen LogP contribution in [-0.4, -0.2) is 41.8 Å². The van der Waals surface area contributed by atoms with Crippen molar-refractivity contribution < 1.29 is 14.6 Å². The molecule has 0 aliphatic carbocycles. The Bertz CT molecular complexity index is 612. The van der Waals surface area contributed by atoms with E-state index in [4.69, 9.17) is 4.74 Å². The Kier molecular flexibility index (Phi) is 20.6. The average molecular weight is 509 g/mol. The number of hydrogen-bond donors (Lipinski definition) is 3. The molecule has 3 N–H and O–H groups in total. The molecule has 5 nitrogen and oxygen atoms in total. The van der Waals surface area contributed by atoms with Crippen LogP contribution in [0.3, 0.4) is 0 Å². The lowest BCUT2D eigenvalue weighted by molar-refractivity contribution is 0.237. The highest BCUT2D eigenvalue weighted by atomic mass is 32.2. The quantitative estimate of drug-likeness (QED) is 0.131. The number of benzene rings is 1. The van der Waals surface area contributed by atoms with Crippen LogP contribution >= 0.6 is 11.8 Å². The number of urea groups is 1. The van der Waals surface area contributed by atoms with Crippen molar-refractivity contribution >= 4 is 17.8 Å². The number of aromatic hydroxyl groups is 1. The first-order chi connectivity index (χ1) is 17.1. The van der Waals surface area contributed by atoms with E-state index in [0.717, 1.165) is 5.75 Å². The molecule has 0 heterocycles. The molecule has 0 saturated heterocycles. The predicted octanol–water partition coefficient (Wildman–Crippen LogP) is 8.06. The highest BCUT2D eigenvalue weighted by Gasteiger charge is 2.04. The van der Waals surface area contributed by atoms with Gasteiger partial charge in [-0.3, -0.25) is 0 Å². The van der Waals surface area contributed by atoms with Gasteiger partial charge in [0, 0.05) is 17.5 Å². The van der Waals surface area contributed by atoms with E-state index in [1.54, 1.807) is 24.3 Å². The van der Waals surface area contributed by atoms with Gasteiger partial charge in [-0.05, 0) is 30.7 Å². The third kappa shape index (κ3) is 20.3. The summed E-state index contributed by atoms with van der Waals surface area (Å²) in [6.07, 6.45) is 20.9. The zero-order valence-corrected chi connectivity index (χ0v) is 23.3. The van der Waals surface area contributed by atoms with E-state index in [9.17, 15) is 9.90 Å². The van der Waals surface area contributed by atoms with Gasteiger partial charge >= 0.3 is 6.03 Å². The van der Waals surface area contributed by atoms with Crippen LogP contribution in [0.2, 0.25) is 0 Å². The molecule has 1 atom stereocenters. The number of unbranched alkanes of at least 4 members (excludes halogenated alkanes) is 13. The SMILES string of the molecule is CCCCCCCCCCCCCCCCC(C)SCCNC(=O)NCCOc1ccc(O)cc1. The van der Waals surface area contributed by atoms with Crippen molar-refractivity contribution in [2.24, 2.45) is 0 Å². The molecule has 1 unspecified atom stereocenters. The van der Waals surface area contributed by atoms with Crippen molar-refractivity contribution in [1.82, 2.24) is 10.6 Å². The maximum Gasteiger partial charge on any atom is 0.314 e. The fourth-order valence-corrected chi connectivity index (χ4v) is 5.03. The molecule has 35 heavy (non-hydrogen) atoms. The number of nitrogens with one attached hydrogen (secondary N) is 2. The van der Waals surface area contributed by atoms with E-state index in [0.29, 0.717) is 30.7 Å². The Morgan fingerprint density at radius 3 is 1.91 bits per heavy atom. The summed E-state index contributed by atoms with van der Waals surface area (Å²) in [5, 5.41) is 15.6. The van der Waals surface area contributed by atoms with Gasteiger partial charge < -0.3 is 20.5 Å². The molecular weight excluding hydrogens is 456 g/mol. The molecular formula is C29H52N2O3S. The second-order valence-corrected chi connectivity index (χ2v) is 11.1. The molecule has 0 spiro atoms. The average Bonchev–Trinajstić information content (AvgIpc) is 2.86. The van der Waals surface area contributed by atoms with Crippen LogP contribution in [0.4, 0.5) is 4.79 Å². The molecule has 0 aliphatic heterocycles. The van der Waals surface area contributed by atoms with Gasteiger partial charge in [-0.2, -0.15) is 11.8 Å². The zero-order valence-electron chi connectivity index (χ0n) is 22.5. The minimum Gasteiger partial charge on any atom is -0.508 e. The van der Waals surface area contributed by atoms with Crippen LogP contribution in [0, 0.1) is 0 Å². The summed E-state index contributed by atoms with van der Waals surface area (Å²) < 4.78 is 5.51. The van der Waals surface area contributed by atoms with Gasteiger partial charge in [-0.15, -0.1) is 0 Å². The smallest absolute Gasteiger partial charge is 0.314 e. The molecule has 0 fully saturated rings. The van der Waals surface area contributed by atoms with Crippen molar-refractivity contribution in [1.29, 1.82) is 0 Å². The first-order valence-electron chi connectivity index (χ1n) is 14.2. The van der Waals surface area contributed by atoms with Gasteiger partial charge in [0.1, 0.15) is 18.1 Å². The molecule has 0 aliphatic rings. The number of phenols is 1. The normalized spacial score (nSPS) is 11.8. The molecule has 1 aromatic carbocycles. The van der Waals surface area contributed by atoms with Crippen LogP contribution in [0.1, 0.15) is 110 Å². The molecule has 0 saturated carbocycles. The van der Waals surface area contributed by atoms with Crippen LogP contribution < -0.4 is 15.4 Å². The van der Waals surface area contributed by atoms with E-state index in [1.807, 2.05) is 11.8 Å². The van der Waals surface area contributed by atoms with Crippen LogP contribution in [-0.2, 0) is 0 Å². The number of hydrogen-bond acceptors (Lipinski definition) is 4. The second kappa shape index (κ2) is 22.9. The van der Waals surface area contributed by atoms with E-state index in [2.05, 4.69) is 24.5 Å². The lowest BCUT2D eigenvalue weighted by Crippen LogP contribution is -2.38. The summed E-state index contributed by atoms with van der Waals surface area (Å²) in [6, 6.07) is 6.40. The zero-order chi connectivity index (χ0) is 25.4. The topological polar surface area (TPSA) is 70.6 Å². The van der Waals surface area contributed by atoms with Crippen molar-refractivity contribution in [3.63, 3.8) is 0 Å². The van der Waals surface area contributed by atoms with Crippen molar-refractivity contribution in [2.75, 3.05) is 25.4 Å². The molecule has 0 aromatic heterocycles. The molecule has 6 heteroatoms. The molecule has 0 bridgehead atoms. The van der Waals surface area contributed by atoms with Crippen molar-refractivity contribution in [3.8, 4) is 11.5 Å². The minimum atomic E-state index is -0.153. The molecule has 1 aromatic rings.